The normalized spacial score (nSPS) is 26.9. The molecule has 2 aliphatic heterocycles. The summed E-state index contributed by atoms with van der Waals surface area (Å²) in [4.78, 5) is 57.5. The minimum atomic E-state index is -3.81. The first-order chi connectivity index (χ1) is 26.9. The number of benzene rings is 1. The van der Waals surface area contributed by atoms with E-state index in [-0.39, 0.29) is 41.4 Å². The van der Waals surface area contributed by atoms with Gasteiger partial charge >= 0.3 is 6.09 Å². The first-order valence-electron chi connectivity index (χ1n) is 20.4. The van der Waals surface area contributed by atoms with Crippen molar-refractivity contribution in [1.82, 2.24) is 19.9 Å². The Morgan fingerprint density at radius 3 is 2.44 bits per heavy atom. The van der Waals surface area contributed by atoms with Crippen LogP contribution in [0.4, 0.5) is 4.79 Å². The van der Waals surface area contributed by atoms with Crippen LogP contribution in [0.1, 0.15) is 117 Å². The van der Waals surface area contributed by atoms with Crippen LogP contribution in [-0.2, 0) is 29.1 Å². The van der Waals surface area contributed by atoms with Gasteiger partial charge in [0.2, 0.25) is 27.7 Å². The molecule has 1 aromatic carbocycles. The van der Waals surface area contributed by atoms with E-state index in [0.717, 1.165) is 42.2 Å². The van der Waals surface area contributed by atoms with Crippen LogP contribution in [0.3, 0.4) is 0 Å². The Labute approximate surface area is 342 Å². The van der Waals surface area contributed by atoms with Crippen molar-refractivity contribution in [2.45, 2.75) is 142 Å². The van der Waals surface area contributed by atoms with Crippen LogP contribution in [-0.4, -0.2) is 83.8 Å². The molecule has 6 atom stereocenters. The first kappa shape index (κ1) is 45.3. The van der Waals surface area contributed by atoms with Gasteiger partial charge in [0.25, 0.3) is 5.91 Å². The number of fused-ring (bicyclic) bond motifs is 3. The molecular weight excluding hydrogens is 751 g/mol. The van der Waals surface area contributed by atoms with Gasteiger partial charge in [-0.1, -0.05) is 46.8 Å². The standard InChI is InChI=1S/C35H46N4O7S.C5H11NO2.C2H6.3H2/c1-4-15-45-26-9-12-29-24(18-26)13-14-36-33(29)46-27-19-30-32(41)37-35(34(42)38-47(43,44)28-10-11-28)20-25(35)8-6-5-7-22(2)16-23(3)17-31(40)39(30)21-27;1-5(2,3)8-4(6)7;1-2;;;/h6,8-9,12-14,18,22-23,25,27-28,30H,4-5,7,10-11,15-17,19-21H2,1-3H3,(H,37,41)(H,38,42);1-3H3,(H2,6,7);1-2H3;3*1H/b8-6-;;;;;/t22-,23-,25-,27-,30+,35-;;;;;/m1...../s1. The lowest BCUT2D eigenvalue weighted by Crippen LogP contribution is -2.56. The maximum Gasteiger partial charge on any atom is 0.405 e. The predicted octanol–water partition coefficient (Wildman–Crippen LogP) is 6.90. The van der Waals surface area contributed by atoms with Gasteiger partial charge in [-0.3, -0.25) is 19.1 Å². The van der Waals surface area contributed by atoms with Crippen molar-refractivity contribution >= 4 is 44.6 Å². The summed E-state index contributed by atoms with van der Waals surface area (Å²) >= 11 is 0. The number of carbonyl (C=O) groups excluding carboxylic acids is 4. The zero-order valence-corrected chi connectivity index (χ0v) is 35.7. The van der Waals surface area contributed by atoms with Crippen molar-refractivity contribution in [3.8, 4) is 11.6 Å². The average Bonchev–Trinajstić information content (AvgIpc) is 4.06. The molecular formula is C42H69N5O9S. The molecule has 0 bridgehead atoms. The lowest BCUT2D eigenvalue weighted by atomic mass is 9.91. The van der Waals surface area contributed by atoms with Gasteiger partial charge in [0.15, 0.2) is 0 Å². The number of rotatable bonds is 8. The molecule has 4 aliphatic rings. The largest absolute Gasteiger partial charge is 0.494 e. The number of ether oxygens (including phenoxy) is 3. The molecule has 4 amide bonds. The summed E-state index contributed by atoms with van der Waals surface area (Å²) in [5.74, 6) is -0.0238. The zero-order chi connectivity index (χ0) is 42.1. The fourth-order valence-electron chi connectivity index (χ4n) is 7.31. The first-order valence-corrected chi connectivity index (χ1v) is 22.0. The molecule has 1 saturated heterocycles. The maximum absolute atomic E-state index is 14.1. The van der Waals surface area contributed by atoms with Crippen LogP contribution in [0.15, 0.2) is 42.6 Å². The SMILES string of the molecule is CC.CC(C)(C)OC(N)=O.CCCOc1ccc2c(O[C@@H]3C[C@H]4C(=O)N[C@]5(C(=O)NS(=O)(=O)C6CC6)C[C@H]5/C=C\CC[C@@H](C)C[C@@H](C)CC(=O)N4C3)nccc2c1.[HH].[HH].[HH]. The van der Waals surface area contributed by atoms with Crippen LogP contribution in [0.5, 0.6) is 11.6 Å². The summed E-state index contributed by atoms with van der Waals surface area (Å²) in [5, 5.41) is 4.04. The lowest BCUT2D eigenvalue weighted by molar-refractivity contribution is -0.140. The number of aromatic nitrogens is 1. The highest BCUT2D eigenvalue weighted by Gasteiger charge is 2.62. The van der Waals surface area contributed by atoms with Gasteiger partial charge in [0.1, 0.15) is 29.0 Å². The van der Waals surface area contributed by atoms with Crippen LogP contribution >= 0.6 is 0 Å². The molecule has 1 aromatic heterocycles. The van der Waals surface area contributed by atoms with Gasteiger partial charge < -0.3 is 30.2 Å². The summed E-state index contributed by atoms with van der Waals surface area (Å²) in [6.07, 6.45) is 9.68. The number of nitrogens with one attached hydrogen (secondary N) is 2. The Bertz CT molecular complexity index is 1890. The van der Waals surface area contributed by atoms with Crippen molar-refractivity contribution in [2.24, 2.45) is 23.5 Å². The van der Waals surface area contributed by atoms with E-state index in [4.69, 9.17) is 15.2 Å². The third kappa shape index (κ3) is 12.5. The number of nitrogens with zero attached hydrogens (tertiary/aromatic N) is 2. The quantitative estimate of drug-likeness (QED) is 0.236. The molecule has 15 heteroatoms. The molecule has 6 rings (SSSR count). The second-order valence-corrected chi connectivity index (χ2v) is 18.5. The van der Waals surface area contributed by atoms with Crippen molar-refractivity contribution in [1.29, 1.82) is 0 Å². The van der Waals surface area contributed by atoms with Crippen LogP contribution in [0.2, 0.25) is 0 Å². The van der Waals surface area contributed by atoms with Crippen molar-refractivity contribution in [3.05, 3.63) is 42.6 Å². The Morgan fingerprint density at radius 2 is 1.81 bits per heavy atom. The van der Waals surface area contributed by atoms with Gasteiger partial charge in [0.05, 0.1) is 18.4 Å². The minimum absolute atomic E-state index is 0. The van der Waals surface area contributed by atoms with E-state index < -0.39 is 56.5 Å². The maximum atomic E-state index is 14.1. The molecule has 2 saturated carbocycles. The number of carbonyl (C=O) groups is 4. The van der Waals surface area contributed by atoms with Gasteiger partial charge in [-0.25, -0.2) is 18.2 Å². The van der Waals surface area contributed by atoms with Crippen molar-refractivity contribution in [3.63, 3.8) is 0 Å². The van der Waals surface area contributed by atoms with E-state index in [9.17, 15) is 27.6 Å². The number of primary amides is 1. The third-order valence-corrected chi connectivity index (χ3v) is 12.0. The summed E-state index contributed by atoms with van der Waals surface area (Å²) < 4.78 is 44.4. The van der Waals surface area contributed by atoms with E-state index in [1.165, 1.54) is 0 Å². The Hall–Kier alpha value is -4.40. The fraction of sp³-hybridized carbons (Fsp3) is 0.643. The molecule has 0 unspecified atom stereocenters. The predicted molar refractivity (Wildman–Crippen MR) is 225 cm³/mol. The molecule has 3 heterocycles. The number of allylic oxidation sites excluding steroid dienone is 1. The van der Waals surface area contributed by atoms with Gasteiger partial charge in [0, 0.05) is 34.6 Å². The van der Waals surface area contributed by atoms with E-state index >= 15 is 0 Å². The number of sulfonamides is 1. The van der Waals surface area contributed by atoms with Crippen LogP contribution in [0, 0.1) is 17.8 Å². The zero-order valence-electron chi connectivity index (χ0n) is 34.8. The Morgan fingerprint density at radius 1 is 1.09 bits per heavy atom. The number of hydrogen-bond donors (Lipinski definition) is 3. The average molecular weight is 820 g/mol. The van der Waals surface area contributed by atoms with Gasteiger partial charge in [-0.2, -0.15) is 0 Å². The van der Waals surface area contributed by atoms with Crippen LogP contribution in [0.25, 0.3) is 10.8 Å². The highest BCUT2D eigenvalue weighted by molar-refractivity contribution is 7.91. The number of pyridine rings is 1. The van der Waals surface area contributed by atoms with E-state index in [2.05, 4.69) is 33.6 Å². The molecule has 0 spiro atoms. The van der Waals surface area contributed by atoms with E-state index in [1.54, 1.807) is 31.9 Å². The second kappa shape index (κ2) is 19.4. The molecule has 2 aliphatic carbocycles. The molecule has 14 nitrogen and oxygen atoms in total. The van der Waals surface area contributed by atoms with E-state index in [1.807, 2.05) is 57.2 Å². The molecule has 57 heavy (non-hydrogen) atoms. The molecule has 322 valence electrons. The van der Waals surface area contributed by atoms with Gasteiger partial charge in [-0.15, -0.1) is 0 Å². The third-order valence-electron chi connectivity index (χ3n) is 10.2. The summed E-state index contributed by atoms with van der Waals surface area (Å²) in [6.45, 7) is 16.4. The van der Waals surface area contributed by atoms with Gasteiger partial charge in [-0.05, 0) is 107 Å². The summed E-state index contributed by atoms with van der Waals surface area (Å²) in [7, 11) is -3.81. The summed E-state index contributed by atoms with van der Waals surface area (Å²) in [6, 6.07) is 6.70. The lowest BCUT2D eigenvalue weighted by Gasteiger charge is -2.27. The smallest absolute Gasteiger partial charge is 0.405 e. The number of hydrogen-bond acceptors (Lipinski definition) is 10. The Balaban J connectivity index is 0.00000125. The van der Waals surface area contributed by atoms with Crippen molar-refractivity contribution in [2.75, 3.05) is 13.2 Å². The molecule has 3 fully saturated rings. The second-order valence-electron chi connectivity index (χ2n) is 16.5. The number of amides is 4. The number of nitrogens with two attached hydrogens (primary N) is 1. The molecule has 0 radical (unpaired) electrons. The minimum Gasteiger partial charge on any atom is -0.494 e. The topological polar surface area (TPSA) is 196 Å². The fourth-order valence-corrected chi connectivity index (χ4v) is 8.67. The van der Waals surface area contributed by atoms with Crippen LogP contribution < -0.4 is 25.2 Å². The molecule has 2 aromatic rings. The highest BCUT2D eigenvalue weighted by Crippen LogP contribution is 2.46. The molecule has 4 N–H and O–H groups in total. The monoisotopic (exact) mass is 819 g/mol. The Kier molecular flexibility index (Phi) is 15.4. The summed E-state index contributed by atoms with van der Waals surface area (Å²) in [5.41, 5.74) is 2.87. The highest BCUT2D eigenvalue weighted by atomic mass is 32.2. The van der Waals surface area contributed by atoms with E-state index in [0.29, 0.717) is 37.7 Å². The van der Waals surface area contributed by atoms with Crippen molar-refractivity contribution < 1.29 is 46.1 Å².